The molecule has 0 bridgehead atoms. The highest BCUT2D eigenvalue weighted by Gasteiger charge is 2.07. The van der Waals surface area contributed by atoms with Gasteiger partial charge in [-0.1, -0.05) is 0 Å². The first-order valence-electron chi connectivity index (χ1n) is 3.50. The van der Waals surface area contributed by atoms with Gasteiger partial charge in [-0.05, 0) is 13.8 Å². The Hall–Kier alpha value is -1.52. The second kappa shape index (κ2) is 2.84. The number of aliphatic carboxylic acids is 1. The zero-order valence-corrected chi connectivity index (χ0v) is 6.92. The van der Waals surface area contributed by atoms with Gasteiger partial charge in [0, 0.05) is 11.3 Å². The third kappa shape index (κ3) is 1.39. The smallest absolute Gasteiger partial charge is 0.325 e. The summed E-state index contributed by atoms with van der Waals surface area (Å²) in [5.41, 5.74) is 1.01. The topological polar surface area (TPSA) is 75.1 Å². The Kier molecular flexibility index (Phi) is 2.03. The van der Waals surface area contributed by atoms with E-state index in [0.717, 1.165) is 0 Å². The van der Waals surface area contributed by atoms with E-state index in [1.165, 1.54) is 4.68 Å². The van der Waals surface area contributed by atoms with Crippen molar-refractivity contribution in [3.63, 3.8) is 0 Å². The van der Waals surface area contributed by atoms with E-state index in [-0.39, 0.29) is 12.1 Å². The number of aromatic nitrogens is 2. The van der Waals surface area contributed by atoms with E-state index >= 15 is 0 Å². The van der Waals surface area contributed by atoms with Crippen LogP contribution in [0.2, 0.25) is 0 Å². The second-order valence-corrected chi connectivity index (χ2v) is 2.63. The number of nitrogens with one attached hydrogen (secondary N) is 1. The summed E-state index contributed by atoms with van der Waals surface area (Å²) < 4.78 is 1.32. The van der Waals surface area contributed by atoms with Crippen molar-refractivity contribution in [3.8, 4) is 0 Å². The Labute approximate surface area is 68.6 Å². The largest absolute Gasteiger partial charge is 0.480 e. The molecule has 0 saturated carbocycles. The molecule has 0 aliphatic heterocycles. The van der Waals surface area contributed by atoms with Gasteiger partial charge in [-0.3, -0.25) is 19.4 Å². The van der Waals surface area contributed by atoms with Crippen molar-refractivity contribution < 1.29 is 9.90 Å². The summed E-state index contributed by atoms with van der Waals surface area (Å²) in [5, 5.41) is 10.9. The van der Waals surface area contributed by atoms with Crippen molar-refractivity contribution in [3.05, 3.63) is 21.6 Å². The van der Waals surface area contributed by atoms with Gasteiger partial charge in [0.1, 0.15) is 6.54 Å². The van der Waals surface area contributed by atoms with Crippen LogP contribution in [-0.4, -0.2) is 20.9 Å². The lowest BCUT2D eigenvalue weighted by Gasteiger charge is -1.99. The Morgan fingerprint density at radius 3 is 2.50 bits per heavy atom. The maximum atomic E-state index is 11.0. The molecule has 5 nitrogen and oxygen atoms in total. The van der Waals surface area contributed by atoms with Gasteiger partial charge in [0.15, 0.2) is 0 Å². The van der Waals surface area contributed by atoms with Gasteiger partial charge in [0.05, 0.1) is 0 Å². The number of hydrogen-bond acceptors (Lipinski definition) is 2. The maximum Gasteiger partial charge on any atom is 0.325 e. The molecule has 12 heavy (non-hydrogen) atoms. The molecular formula is C7H10N2O3. The van der Waals surface area contributed by atoms with Crippen LogP contribution in [0.1, 0.15) is 11.3 Å². The van der Waals surface area contributed by atoms with Crippen LogP contribution in [0.5, 0.6) is 0 Å². The predicted molar refractivity (Wildman–Crippen MR) is 42.2 cm³/mol. The summed E-state index contributed by atoms with van der Waals surface area (Å²) in [5.74, 6) is -0.968. The summed E-state index contributed by atoms with van der Waals surface area (Å²) in [6.45, 7) is 3.16. The molecule has 0 aromatic carbocycles. The Morgan fingerprint density at radius 2 is 2.17 bits per heavy atom. The highest BCUT2D eigenvalue weighted by molar-refractivity contribution is 5.66. The lowest BCUT2D eigenvalue weighted by atomic mass is 10.3. The Balaban J connectivity index is 3.09. The molecule has 0 aliphatic rings. The minimum absolute atomic E-state index is 0.199. The van der Waals surface area contributed by atoms with Gasteiger partial charge in [-0.25, -0.2) is 0 Å². The number of hydrogen-bond donors (Lipinski definition) is 2. The minimum atomic E-state index is -0.968. The molecule has 0 fully saturated rings. The summed E-state index contributed by atoms with van der Waals surface area (Å²) in [4.78, 5) is 21.3. The molecule has 66 valence electrons. The summed E-state index contributed by atoms with van der Waals surface area (Å²) >= 11 is 0. The fourth-order valence-corrected chi connectivity index (χ4v) is 0.950. The van der Waals surface area contributed by atoms with Crippen LogP contribution in [0.25, 0.3) is 0 Å². The van der Waals surface area contributed by atoms with E-state index in [4.69, 9.17) is 5.11 Å². The van der Waals surface area contributed by atoms with Crippen LogP contribution in [0, 0.1) is 13.8 Å². The van der Waals surface area contributed by atoms with E-state index in [1.807, 2.05) is 0 Å². The van der Waals surface area contributed by atoms with Crippen LogP contribution in [0.15, 0.2) is 4.79 Å². The molecule has 1 aromatic heterocycles. The first-order chi connectivity index (χ1) is 5.52. The Bertz CT molecular complexity index is 361. The quantitative estimate of drug-likeness (QED) is 0.649. The number of carboxylic acid groups (broad SMARTS) is 1. The zero-order valence-electron chi connectivity index (χ0n) is 6.92. The number of carboxylic acids is 1. The van der Waals surface area contributed by atoms with Crippen molar-refractivity contribution in [2.24, 2.45) is 0 Å². The molecule has 0 aliphatic carbocycles. The van der Waals surface area contributed by atoms with Gasteiger partial charge < -0.3 is 5.11 Å². The lowest BCUT2D eigenvalue weighted by Crippen LogP contribution is -2.13. The first kappa shape index (κ1) is 8.58. The number of carbonyl (C=O) groups is 1. The number of nitrogens with zero attached hydrogens (tertiary/aromatic N) is 1. The van der Waals surface area contributed by atoms with Crippen molar-refractivity contribution in [1.82, 2.24) is 9.78 Å². The summed E-state index contributed by atoms with van der Waals surface area (Å²) in [7, 11) is 0. The third-order valence-corrected chi connectivity index (χ3v) is 1.82. The van der Waals surface area contributed by atoms with Crippen LogP contribution in [-0.2, 0) is 11.3 Å². The summed E-state index contributed by atoms with van der Waals surface area (Å²) in [6, 6.07) is 0. The van der Waals surface area contributed by atoms with Crippen molar-refractivity contribution in [2.75, 3.05) is 0 Å². The van der Waals surface area contributed by atoms with E-state index in [1.54, 1.807) is 13.8 Å². The molecular weight excluding hydrogens is 160 g/mol. The average Bonchev–Trinajstić information content (AvgIpc) is 2.17. The molecule has 5 heteroatoms. The monoisotopic (exact) mass is 170 g/mol. The number of H-pyrrole nitrogens is 1. The molecule has 0 atom stereocenters. The standard InChI is InChI=1S/C7H10N2O3/c1-4-5(2)9(3-6(10)11)8-7(4)12/h3H2,1-2H3,(H,8,12)(H,10,11). The van der Waals surface area contributed by atoms with Gasteiger partial charge >= 0.3 is 5.97 Å². The fourth-order valence-electron chi connectivity index (χ4n) is 0.950. The van der Waals surface area contributed by atoms with Crippen molar-refractivity contribution in [1.29, 1.82) is 0 Å². The van der Waals surface area contributed by atoms with Gasteiger partial charge in [-0.2, -0.15) is 0 Å². The SMILES string of the molecule is Cc1c(C)n(CC(=O)O)[nH]c1=O. The van der Waals surface area contributed by atoms with Crippen LogP contribution in [0.4, 0.5) is 0 Å². The van der Waals surface area contributed by atoms with Gasteiger partial charge in [0.2, 0.25) is 0 Å². The van der Waals surface area contributed by atoms with Gasteiger partial charge in [0.25, 0.3) is 5.56 Å². The van der Waals surface area contributed by atoms with E-state index in [0.29, 0.717) is 11.3 Å². The molecule has 0 radical (unpaired) electrons. The van der Waals surface area contributed by atoms with Crippen LogP contribution < -0.4 is 5.56 Å². The van der Waals surface area contributed by atoms with Crippen molar-refractivity contribution >= 4 is 5.97 Å². The molecule has 0 unspecified atom stereocenters. The van der Waals surface area contributed by atoms with E-state index in [2.05, 4.69) is 5.10 Å². The second-order valence-electron chi connectivity index (χ2n) is 2.63. The number of aromatic amines is 1. The summed E-state index contributed by atoms with van der Waals surface area (Å²) in [6.07, 6.45) is 0. The highest BCUT2D eigenvalue weighted by atomic mass is 16.4. The van der Waals surface area contributed by atoms with E-state index < -0.39 is 5.97 Å². The molecule has 1 heterocycles. The highest BCUT2D eigenvalue weighted by Crippen LogP contribution is 1.98. The normalized spacial score (nSPS) is 10.2. The lowest BCUT2D eigenvalue weighted by molar-refractivity contribution is -0.137. The molecule has 0 amide bonds. The van der Waals surface area contributed by atoms with E-state index in [9.17, 15) is 9.59 Å². The molecule has 2 N–H and O–H groups in total. The molecule has 1 aromatic rings. The van der Waals surface area contributed by atoms with Crippen LogP contribution >= 0.6 is 0 Å². The molecule has 0 spiro atoms. The fraction of sp³-hybridized carbons (Fsp3) is 0.429. The molecule has 0 saturated heterocycles. The third-order valence-electron chi connectivity index (χ3n) is 1.82. The van der Waals surface area contributed by atoms with Gasteiger partial charge in [-0.15, -0.1) is 0 Å². The Morgan fingerprint density at radius 1 is 1.58 bits per heavy atom. The average molecular weight is 170 g/mol. The molecule has 1 rings (SSSR count). The van der Waals surface area contributed by atoms with Crippen molar-refractivity contribution in [2.45, 2.75) is 20.4 Å². The number of rotatable bonds is 2. The minimum Gasteiger partial charge on any atom is -0.480 e. The van der Waals surface area contributed by atoms with Crippen LogP contribution in [0.3, 0.4) is 0 Å². The first-order valence-corrected chi connectivity index (χ1v) is 3.50. The maximum absolute atomic E-state index is 11.0. The zero-order chi connectivity index (χ0) is 9.30. The predicted octanol–water partition coefficient (Wildman–Crippen LogP) is -0.122.